The number of aliphatic carboxylic acids is 1. The number of H-pyrrole nitrogens is 1. The number of rotatable bonds is 13. The van der Waals surface area contributed by atoms with Crippen LogP contribution in [0.15, 0.2) is 54.7 Å². The summed E-state index contributed by atoms with van der Waals surface area (Å²) in [6.07, 6.45) is 0.351. The van der Waals surface area contributed by atoms with Gasteiger partial charge in [-0.1, -0.05) is 30.3 Å². The van der Waals surface area contributed by atoms with Crippen LogP contribution in [0, 0.1) is 0 Å². The number of aliphatic hydroxyl groups excluding tert-OH is 2. The predicted octanol–water partition coefficient (Wildman–Crippen LogP) is -1.10. The van der Waals surface area contributed by atoms with E-state index >= 15 is 0 Å². The van der Waals surface area contributed by atoms with E-state index in [4.69, 9.17) is 10.8 Å². The SMILES string of the molecule is CC(O)C(NC(=O)C(Cc1c[nH]c2ccccc12)NC(=O)C(N)Cc1ccc(O)cc1)C(=O)NC(CO)C(=O)O. The number of carbonyl (C=O) groups is 4. The van der Waals surface area contributed by atoms with Crippen LogP contribution in [-0.2, 0) is 32.0 Å². The number of phenols is 1. The molecule has 3 rings (SSSR count). The Morgan fingerprint density at radius 2 is 1.55 bits per heavy atom. The van der Waals surface area contributed by atoms with Gasteiger partial charge in [-0.15, -0.1) is 0 Å². The van der Waals surface area contributed by atoms with Gasteiger partial charge in [0, 0.05) is 23.5 Å². The van der Waals surface area contributed by atoms with Gasteiger partial charge in [-0.05, 0) is 42.7 Å². The van der Waals surface area contributed by atoms with Crippen molar-refractivity contribution in [1.29, 1.82) is 0 Å². The highest BCUT2D eigenvalue weighted by molar-refractivity contribution is 5.95. The zero-order chi connectivity index (χ0) is 29.4. The molecule has 13 nitrogen and oxygen atoms in total. The Bertz CT molecular complexity index is 1340. The highest BCUT2D eigenvalue weighted by Crippen LogP contribution is 2.19. The number of aromatic amines is 1. The molecule has 0 bridgehead atoms. The number of phenolic OH excluding ortho intramolecular Hbond substituents is 1. The lowest BCUT2D eigenvalue weighted by Gasteiger charge is -2.26. The lowest BCUT2D eigenvalue weighted by Crippen LogP contribution is -2.60. The number of aromatic nitrogens is 1. The Balaban J connectivity index is 1.81. The Hall–Kier alpha value is -4.46. The molecular formula is C27H33N5O8. The van der Waals surface area contributed by atoms with Crippen molar-refractivity contribution >= 4 is 34.6 Å². The molecule has 0 aliphatic heterocycles. The molecule has 3 amide bonds. The summed E-state index contributed by atoms with van der Waals surface area (Å²) in [6, 6.07) is 7.94. The van der Waals surface area contributed by atoms with Crippen molar-refractivity contribution in [3.63, 3.8) is 0 Å². The maximum atomic E-state index is 13.4. The van der Waals surface area contributed by atoms with Crippen LogP contribution in [0.3, 0.4) is 0 Å². The molecule has 0 aliphatic rings. The van der Waals surface area contributed by atoms with Crippen molar-refractivity contribution in [1.82, 2.24) is 20.9 Å². The first-order valence-corrected chi connectivity index (χ1v) is 12.5. The second-order valence-corrected chi connectivity index (χ2v) is 9.41. The standard InChI is InChI=1S/C27H33N5O8/c1-14(34)23(26(38)31-22(13-33)27(39)40)32-25(37)21(11-16-12-29-20-5-3-2-4-18(16)20)30-24(36)19(28)10-15-6-8-17(35)9-7-15/h2-9,12,14,19,21-23,29,33-35H,10-11,13,28H2,1H3,(H,30,36)(H,31,38)(H,32,37)(H,39,40). The van der Waals surface area contributed by atoms with Crippen LogP contribution in [0.4, 0.5) is 0 Å². The number of carboxylic acid groups (broad SMARTS) is 1. The van der Waals surface area contributed by atoms with Gasteiger partial charge >= 0.3 is 5.97 Å². The zero-order valence-electron chi connectivity index (χ0n) is 21.7. The van der Waals surface area contributed by atoms with Crippen LogP contribution in [-0.4, -0.2) is 86.0 Å². The van der Waals surface area contributed by atoms with Crippen molar-refractivity contribution < 1.29 is 39.6 Å². The lowest BCUT2D eigenvalue weighted by atomic mass is 10.0. The van der Waals surface area contributed by atoms with Gasteiger partial charge in [0.05, 0.1) is 18.8 Å². The summed E-state index contributed by atoms with van der Waals surface area (Å²) in [5.41, 5.74) is 8.27. The summed E-state index contributed by atoms with van der Waals surface area (Å²) in [7, 11) is 0. The van der Waals surface area contributed by atoms with Gasteiger partial charge in [-0.3, -0.25) is 14.4 Å². The summed E-state index contributed by atoms with van der Waals surface area (Å²) in [6.45, 7) is 0.319. The van der Waals surface area contributed by atoms with Crippen molar-refractivity contribution in [3.8, 4) is 5.75 Å². The molecule has 5 unspecified atom stereocenters. The second-order valence-electron chi connectivity index (χ2n) is 9.41. The minimum atomic E-state index is -1.65. The molecule has 0 radical (unpaired) electrons. The number of benzene rings is 2. The number of para-hydroxylation sites is 1. The van der Waals surface area contributed by atoms with Crippen molar-refractivity contribution in [2.24, 2.45) is 5.73 Å². The van der Waals surface area contributed by atoms with E-state index in [0.717, 1.165) is 10.9 Å². The second kappa shape index (κ2) is 13.6. The quantitative estimate of drug-likeness (QED) is 0.124. The zero-order valence-corrected chi connectivity index (χ0v) is 21.7. The average molecular weight is 556 g/mol. The average Bonchev–Trinajstić information content (AvgIpc) is 3.33. The van der Waals surface area contributed by atoms with Crippen molar-refractivity contribution in [2.75, 3.05) is 6.61 Å². The fourth-order valence-corrected chi connectivity index (χ4v) is 4.09. The van der Waals surface area contributed by atoms with E-state index in [0.29, 0.717) is 11.1 Å². The third-order valence-corrected chi connectivity index (χ3v) is 6.32. The molecular weight excluding hydrogens is 522 g/mol. The van der Waals surface area contributed by atoms with Crippen molar-refractivity contribution in [3.05, 3.63) is 65.9 Å². The fourth-order valence-electron chi connectivity index (χ4n) is 4.09. The Morgan fingerprint density at radius 3 is 2.17 bits per heavy atom. The minimum absolute atomic E-state index is 0.00391. The van der Waals surface area contributed by atoms with E-state index in [-0.39, 0.29) is 18.6 Å². The molecule has 10 N–H and O–H groups in total. The number of nitrogens with two attached hydrogens (primary N) is 1. The molecule has 13 heteroatoms. The van der Waals surface area contributed by atoms with Gasteiger partial charge in [-0.25, -0.2) is 4.79 Å². The molecule has 1 aromatic heterocycles. The molecule has 0 saturated heterocycles. The van der Waals surface area contributed by atoms with E-state index in [1.165, 1.54) is 19.1 Å². The van der Waals surface area contributed by atoms with E-state index in [9.17, 15) is 34.5 Å². The molecule has 1 heterocycles. The molecule has 3 aromatic rings. The Labute approximate surface area is 229 Å². The highest BCUT2D eigenvalue weighted by Gasteiger charge is 2.33. The van der Waals surface area contributed by atoms with E-state index in [2.05, 4.69) is 20.9 Å². The van der Waals surface area contributed by atoms with E-state index in [1.54, 1.807) is 18.3 Å². The number of hydrogen-bond acceptors (Lipinski definition) is 8. The Kier molecular flexibility index (Phi) is 10.2. The number of carbonyl (C=O) groups excluding carboxylic acids is 3. The van der Waals surface area contributed by atoms with Gasteiger partial charge in [-0.2, -0.15) is 0 Å². The number of hydrogen-bond donors (Lipinski definition) is 9. The van der Waals surface area contributed by atoms with Gasteiger partial charge in [0.2, 0.25) is 17.7 Å². The maximum Gasteiger partial charge on any atom is 0.328 e. The van der Waals surface area contributed by atoms with Crippen LogP contribution in [0.25, 0.3) is 10.9 Å². The molecule has 0 spiro atoms. The highest BCUT2D eigenvalue weighted by atomic mass is 16.4. The smallest absolute Gasteiger partial charge is 0.328 e. The van der Waals surface area contributed by atoms with Gasteiger partial charge in [0.25, 0.3) is 0 Å². The summed E-state index contributed by atoms with van der Waals surface area (Å²) in [5.74, 6) is -3.96. The van der Waals surface area contributed by atoms with E-state index in [1.807, 2.05) is 24.3 Å². The van der Waals surface area contributed by atoms with Crippen LogP contribution in [0.5, 0.6) is 5.75 Å². The molecule has 40 heavy (non-hydrogen) atoms. The van der Waals surface area contributed by atoms with Crippen LogP contribution in [0.1, 0.15) is 18.1 Å². The van der Waals surface area contributed by atoms with Crippen LogP contribution < -0.4 is 21.7 Å². The number of nitrogens with one attached hydrogen (secondary N) is 4. The molecule has 5 atom stereocenters. The summed E-state index contributed by atoms with van der Waals surface area (Å²) >= 11 is 0. The summed E-state index contributed by atoms with van der Waals surface area (Å²) in [5, 5.41) is 45.8. The lowest BCUT2D eigenvalue weighted by molar-refractivity contribution is -0.144. The molecule has 214 valence electrons. The molecule has 0 fully saturated rings. The summed E-state index contributed by atoms with van der Waals surface area (Å²) < 4.78 is 0. The van der Waals surface area contributed by atoms with Crippen molar-refractivity contribution in [2.45, 2.75) is 50.0 Å². The molecule has 0 saturated carbocycles. The third-order valence-electron chi connectivity index (χ3n) is 6.32. The number of carboxylic acids is 1. The summed E-state index contributed by atoms with van der Waals surface area (Å²) in [4.78, 5) is 53.4. The maximum absolute atomic E-state index is 13.4. The fraction of sp³-hybridized carbons (Fsp3) is 0.333. The number of fused-ring (bicyclic) bond motifs is 1. The number of amides is 3. The van der Waals surface area contributed by atoms with E-state index < -0.39 is 60.6 Å². The first-order chi connectivity index (χ1) is 19.0. The van der Waals surface area contributed by atoms with Crippen LogP contribution in [0.2, 0.25) is 0 Å². The topological polar surface area (TPSA) is 227 Å². The number of aromatic hydroxyl groups is 1. The Morgan fingerprint density at radius 1 is 0.900 bits per heavy atom. The predicted molar refractivity (Wildman–Crippen MR) is 144 cm³/mol. The van der Waals surface area contributed by atoms with Gasteiger partial charge < -0.3 is 47.1 Å². The van der Waals surface area contributed by atoms with Gasteiger partial charge in [0.1, 0.15) is 23.9 Å². The number of aliphatic hydroxyl groups is 2. The first kappa shape index (κ1) is 30.1. The molecule has 0 aliphatic carbocycles. The van der Waals surface area contributed by atoms with Gasteiger partial charge in [0.15, 0.2) is 0 Å². The largest absolute Gasteiger partial charge is 0.508 e. The van der Waals surface area contributed by atoms with Crippen LogP contribution >= 0.6 is 0 Å². The monoisotopic (exact) mass is 555 g/mol. The first-order valence-electron chi connectivity index (χ1n) is 12.5. The minimum Gasteiger partial charge on any atom is -0.508 e. The molecule has 2 aromatic carbocycles. The third kappa shape index (κ3) is 7.79. The normalized spacial score (nSPS) is 14.9.